The minimum absolute atomic E-state index is 0.323. The van der Waals surface area contributed by atoms with Crippen molar-refractivity contribution < 1.29 is 0 Å². The highest BCUT2D eigenvalue weighted by atomic mass is 14.9. The molecule has 1 aliphatic rings. The highest BCUT2D eigenvalue weighted by molar-refractivity contribution is 5.20. The van der Waals surface area contributed by atoms with Gasteiger partial charge < -0.3 is 5.32 Å². The monoisotopic (exact) mass is 275 g/mol. The highest BCUT2D eigenvalue weighted by Gasteiger charge is 2.24. The molecule has 0 saturated heterocycles. The molecule has 0 bridgehead atoms. The van der Waals surface area contributed by atoms with Crippen molar-refractivity contribution in [2.24, 2.45) is 5.92 Å². The molecule has 20 heavy (non-hydrogen) atoms. The fourth-order valence-electron chi connectivity index (χ4n) is 3.39. The largest absolute Gasteiger partial charge is 0.313 e. The van der Waals surface area contributed by atoms with Crippen molar-refractivity contribution >= 4 is 0 Å². The molecule has 1 aromatic heterocycles. The van der Waals surface area contributed by atoms with E-state index < -0.39 is 0 Å². The Kier molecular flexibility index (Phi) is 5.53. The molecule has 1 aliphatic carbocycles. The zero-order chi connectivity index (χ0) is 14.5. The second kappa shape index (κ2) is 7.16. The van der Waals surface area contributed by atoms with Gasteiger partial charge in [-0.1, -0.05) is 19.8 Å². The van der Waals surface area contributed by atoms with Crippen LogP contribution in [-0.2, 0) is 0 Å². The Bertz CT molecular complexity index is 422. The van der Waals surface area contributed by atoms with Crippen LogP contribution in [-0.4, -0.2) is 17.0 Å². The molecule has 1 heterocycles. The van der Waals surface area contributed by atoms with E-state index in [0.717, 1.165) is 17.4 Å². The molecule has 3 heteroatoms. The minimum atomic E-state index is 0.323. The van der Waals surface area contributed by atoms with Crippen molar-refractivity contribution in [3.8, 4) is 0 Å². The van der Waals surface area contributed by atoms with Gasteiger partial charge in [-0.2, -0.15) is 0 Å². The van der Waals surface area contributed by atoms with E-state index in [1.54, 1.807) is 0 Å². The van der Waals surface area contributed by atoms with Gasteiger partial charge >= 0.3 is 0 Å². The zero-order valence-electron chi connectivity index (χ0n) is 13.4. The third-order valence-electron chi connectivity index (χ3n) is 4.84. The number of aryl methyl sites for hydroxylation is 1. The molecule has 2 rings (SSSR count). The molecular formula is C17H29N3. The van der Waals surface area contributed by atoms with Gasteiger partial charge in [-0.25, -0.2) is 9.97 Å². The fourth-order valence-corrected chi connectivity index (χ4v) is 3.39. The minimum Gasteiger partial charge on any atom is -0.313 e. The quantitative estimate of drug-likeness (QED) is 0.877. The van der Waals surface area contributed by atoms with Gasteiger partial charge in [-0.3, -0.25) is 0 Å². The summed E-state index contributed by atoms with van der Waals surface area (Å²) in [7, 11) is 1.98. The number of nitrogens with one attached hydrogen (secondary N) is 1. The van der Waals surface area contributed by atoms with E-state index in [1.165, 1.54) is 44.1 Å². The van der Waals surface area contributed by atoms with Gasteiger partial charge in [0.15, 0.2) is 0 Å². The van der Waals surface area contributed by atoms with Crippen LogP contribution in [0.1, 0.15) is 81.4 Å². The van der Waals surface area contributed by atoms with Crippen LogP contribution in [0.5, 0.6) is 0 Å². The van der Waals surface area contributed by atoms with E-state index in [4.69, 9.17) is 4.98 Å². The lowest BCUT2D eigenvalue weighted by Crippen LogP contribution is -2.18. The van der Waals surface area contributed by atoms with Crippen molar-refractivity contribution in [1.29, 1.82) is 0 Å². The number of hydrogen-bond donors (Lipinski definition) is 1. The molecule has 1 N–H and O–H groups in total. The fraction of sp³-hybridized carbons (Fsp3) is 0.765. The summed E-state index contributed by atoms with van der Waals surface area (Å²) in [6.45, 7) is 6.55. The van der Waals surface area contributed by atoms with Gasteiger partial charge in [0.2, 0.25) is 0 Å². The smallest absolute Gasteiger partial charge is 0.131 e. The van der Waals surface area contributed by atoms with Crippen molar-refractivity contribution in [3.05, 3.63) is 23.3 Å². The molecule has 1 saturated carbocycles. The molecular weight excluding hydrogens is 246 g/mol. The molecule has 1 atom stereocenters. The van der Waals surface area contributed by atoms with Crippen molar-refractivity contribution in [1.82, 2.24) is 15.3 Å². The molecule has 1 aromatic rings. The molecule has 0 aliphatic heterocycles. The number of hydrogen-bond acceptors (Lipinski definition) is 3. The van der Waals surface area contributed by atoms with Crippen molar-refractivity contribution in [3.63, 3.8) is 0 Å². The molecule has 3 nitrogen and oxygen atoms in total. The van der Waals surface area contributed by atoms with Crippen LogP contribution in [0, 0.1) is 12.8 Å². The number of nitrogens with zero attached hydrogens (tertiary/aromatic N) is 2. The Morgan fingerprint density at radius 1 is 1.30 bits per heavy atom. The maximum atomic E-state index is 4.79. The van der Waals surface area contributed by atoms with E-state index >= 15 is 0 Å². The van der Waals surface area contributed by atoms with Crippen molar-refractivity contribution in [2.45, 2.75) is 71.3 Å². The van der Waals surface area contributed by atoms with Crippen LogP contribution in [0.2, 0.25) is 0 Å². The average Bonchev–Trinajstić information content (AvgIpc) is 2.47. The van der Waals surface area contributed by atoms with E-state index in [0.29, 0.717) is 12.0 Å². The first-order valence-electron chi connectivity index (χ1n) is 8.16. The van der Waals surface area contributed by atoms with Gasteiger partial charge in [0.05, 0.1) is 0 Å². The standard InChI is InChI=1S/C17H29N3/c1-5-6-14-7-9-15(10-8-14)17-19-11-16(12(2)18-4)13(3)20-17/h11-12,14-15,18H,5-10H2,1-4H3. The summed E-state index contributed by atoms with van der Waals surface area (Å²) in [4.78, 5) is 9.44. The topological polar surface area (TPSA) is 37.8 Å². The summed E-state index contributed by atoms with van der Waals surface area (Å²) in [6.07, 6.45) is 9.99. The molecule has 0 spiro atoms. The molecule has 0 amide bonds. The van der Waals surface area contributed by atoms with Crippen LogP contribution >= 0.6 is 0 Å². The third-order valence-corrected chi connectivity index (χ3v) is 4.84. The van der Waals surface area contributed by atoms with Crippen molar-refractivity contribution in [2.75, 3.05) is 7.05 Å². The van der Waals surface area contributed by atoms with Gasteiger partial charge in [-0.15, -0.1) is 0 Å². The molecule has 0 radical (unpaired) electrons. The summed E-state index contributed by atoms with van der Waals surface area (Å²) in [5, 5.41) is 3.26. The zero-order valence-corrected chi connectivity index (χ0v) is 13.4. The van der Waals surface area contributed by atoms with E-state index in [2.05, 4.69) is 31.1 Å². The summed E-state index contributed by atoms with van der Waals surface area (Å²) in [5.41, 5.74) is 2.35. The van der Waals surface area contributed by atoms with Gasteiger partial charge in [0.1, 0.15) is 5.82 Å². The third kappa shape index (κ3) is 3.57. The summed E-state index contributed by atoms with van der Waals surface area (Å²) < 4.78 is 0. The van der Waals surface area contributed by atoms with Crippen LogP contribution in [0.4, 0.5) is 0 Å². The lowest BCUT2D eigenvalue weighted by atomic mass is 9.79. The average molecular weight is 275 g/mol. The number of rotatable bonds is 5. The maximum absolute atomic E-state index is 4.79. The lowest BCUT2D eigenvalue weighted by Gasteiger charge is -2.27. The molecule has 1 unspecified atom stereocenters. The normalized spacial score (nSPS) is 24.6. The molecule has 112 valence electrons. The van der Waals surface area contributed by atoms with E-state index in [-0.39, 0.29) is 0 Å². The lowest BCUT2D eigenvalue weighted by molar-refractivity contribution is 0.302. The van der Waals surface area contributed by atoms with E-state index in [1.807, 2.05) is 13.2 Å². The predicted molar refractivity (Wildman–Crippen MR) is 83.9 cm³/mol. The maximum Gasteiger partial charge on any atom is 0.131 e. The van der Waals surface area contributed by atoms with E-state index in [9.17, 15) is 0 Å². The van der Waals surface area contributed by atoms with Gasteiger partial charge in [0.25, 0.3) is 0 Å². The Labute approximate surface area is 123 Å². The Hall–Kier alpha value is -0.960. The Morgan fingerprint density at radius 3 is 2.55 bits per heavy atom. The predicted octanol–water partition coefficient (Wildman–Crippen LogP) is 4.14. The first-order valence-corrected chi connectivity index (χ1v) is 8.16. The van der Waals surface area contributed by atoms with Crippen LogP contribution in [0.25, 0.3) is 0 Å². The van der Waals surface area contributed by atoms with Gasteiger partial charge in [0, 0.05) is 29.4 Å². The van der Waals surface area contributed by atoms with Crippen LogP contribution in [0.3, 0.4) is 0 Å². The second-order valence-electron chi connectivity index (χ2n) is 6.29. The number of aromatic nitrogens is 2. The highest BCUT2D eigenvalue weighted by Crippen LogP contribution is 2.36. The van der Waals surface area contributed by atoms with Gasteiger partial charge in [-0.05, 0) is 52.5 Å². The first-order chi connectivity index (χ1) is 9.65. The summed E-state index contributed by atoms with van der Waals surface area (Å²) in [6, 6.07) is 0.323. The molecule has 0 aromatic carbocycles. The SMILES string of the molecule is CCCC1CCC(c2ncc(C(C)NC)c(C)n2)CC1. The summed E-state index contributed by atoms with van der Waals surface area (Å²) in [5.74, 6) is 2.60. The second-order valence-corrected chi connectivity index (χ2v) is 6.29. The van der Waals surface area contributed by atoms with Crippen LogP contribution in [0.15, 0.2) is 6.20 Å². The Balaban J connectivity index is 2.02. The first kappa shape index (κ1) is 15.4. The summed E-state index contributed by atoms with van der Waals surface area (Å²) >= 11 is 0. The Morgan fingerprint density at radius 2 is 2.00 bits per heavy atom. The molecule has 1 fully saturated rings. The van der Waals surface area contributed by atoms with Crippen LogP contribution < -0.4 is 5.32 Å².